The molecule has 0 saturated heterocycles. The van der Waals surface area contributed by atoms with E-state index in [1.165, 1.54) is 5.98 Å². The smallest absolute Gasteiger partial charge is 0.424 e. The summed E-state index contributed by atoms with van der Waals surface area (Å²) in [6.45, 7) is 5.48. The molecule has 0 aromatic rings. The molecule has 2 N–H and O–H groups in total. The molecule has 0 aromatic heterocycles. The Kier molecular flexibility index (Phi) is 6.06. The number of hydrogen-bond acceptors (Lipinski definition) is 2. The summed E-state index contributed by atoms with van der Waals surface area (Å²) in [6.07, 6.45) is 8.79. The summed E-state index contributed by atoms with van der Waals surface area (Å²) in [7, 11) is -1.40. The van der Waals surface area contributed by atoms with Crippen LogP contribution in [0.25, 0.3) is 0 Å². The lowest BCUT2D eigenvalue weighted by Gasteiger charge is -1.90. The number of rotatable bonds is 4. The third kappa shape index (κ3) is 5.71. The minimum absolute atomic E-state index is 0.834. The van der Waals surface area contributed by atoms with Crippen molar-refractivity contribution in [2.75, 3.05) is 0 Å². The summed E-state index contributed by atoms with van der Waals surface area (Å²) < 4.78 is 0. The van der Waals surface area contributed by atoms with E-state index in [1.807, 2.05) is 25.2 Å². The SMILES string of the molecule is C=CC(/C=C/B(O)O)=C\C=C/C. The molecule has 0 rings (SSSR count). The Morgan fingerprint density at radius 2 is 2.08 bits per heavy atom. The van der Waals surface area contributed by atoms with Gasteiger partial charge in [0.25, 0.3) is 0 Å². The van der Waals surface area contributed by atoms with Gasteiger partial charge in [-0.05, 0) is 12.5 Å². The first kappa shape index (κ1) is 10.9. The first-order valence-electron chi connectivity index (χ1n) is 3.70. The highest BCUT2D eigenvalue weighted by molar-refractivity contribution is 6.47. The Bertz CT molecular complexity index is 215. The van der Waals surface area contributed by atoms with Crippen LogP contribution in [-0.4, -0.2) is 17.2 Å². The van der Waals surface area contributed by atoms with Gasteiger partial charge in [0, 0.05) is 0 Å². The van der Waals surface area contributed by atoms with Gasteiger partial charge in [-0.25, -0.2) is 0 Å². The van der Waals surface area contributed by atoms with Crippen molar-refractivity contribution in [2.45, 2.75) is 6.92 Å². The molecule has 0 fully saturated rings. The van der Waals surface area contributed by atoms with Gasteiger partial charge in [0.1, 0.15) is 0 Å². The molecule has 2 nitrogen and oxygen atoms in total. The molecule has 0 bridgehead atoms. The van der Waals surface area contributed by atoms with E-state index in [4.69, 9.17) is 10.0 Å². The van der Waals surface area contributed by atoms with Crippen molar-refractivity contribution in [3.05, 3.63) is 48.5 Å². The number of allylic oxidation sites excluding steroid dienone is 6. The molecule has 0 aliphatic rings. The third-order valence-electron chi connectivity index (χ3n) is 1.18. The van der Waals surface area contributed by atoms with Crippen molar-refractivity contribution >= 4 is 7.12 Å². The summed E-state index contributed by atoms with van der Waals surface area (Å²) in [4.78, 5) is 0. The van der Waals surface area contributed by atoms with E-state index >= 15 is 0 Å². The van der Waals surface area contributed by atoms with Crippen LogP contribution in [0.15, 0.2) is 48.5 Å². The van der Waals surface area contributed by atoms with E-state index in [1.54, 1.807) is 12.2 Å². The highest BCUT2D eigenvalue weighted by Crippen LogP contribution is 1.98. The minimum Gasteiger partial charge on any atom is -0.424 e. The summed E-state index contributed by atoms with van der Waals surface area (Å²) in [5.41, 5.74) is 0.834. The molecule has 3 heteroatoms. The van der Waals surface area contributed by atoms with Crippen molar-refractivity contribution in [1.29, 1.82) is 0 Å². The highest BCUT2D eigenvalue weighted by atomic mass is 16.4. The molecule has 0 aliphatic carbocycles. The molecule has 0 saturated carbocycles. The number of hydrogen-bond donors (Lipinski definition) is 2. The van der Waals surface area contributed by atoms with Crippen LogP contribution < -0.4 is 0 Å². The topological polar surface area (TPSA) is 40.5 Å². The predicted molar refractivity (Wildman–Crippen MR) is 52.4 cm³/mol. The van der Waals surface area contributed by atoms with E-state index in [9.17, 15) is 0 Å². The lowest BCUT2D eigenvalue weighted by molar-refractivity contribution is 0.424. The molecule has 0 radical (unpaired) electrons. The Morgan fingerprint density at radius 1 is 1.42 bits per heavy atom. The minimum atomic E-state index is -1.40. The van der Waals surface area contributed by atoms with Gasteiger partial charge in [-0.3, -0.25) is 0 Å². The van der Waals surface area contributed by atoms with E-state index in [-0.39, 0.29) is 0 Å². The normalized spacial score (nSPS) is 12.8. The second-order valence-corrected chi connectivity index (χ2v) is 2.17. The Labute approximate surface area is 73.4 Å². The predicted octanol–water partition coefficient (Wildman–Crippen LogP) is 1.24. The second-order valence-electron chi connectivity index (χ2n) is 2.17. The lowest BCUT2D eigenvalue weighted by atomic mass is 9.90. The van der Waals surface area contributed by atoms with Crippen LogP contribution in [0.3, 0.4) is 0 Å². The molecule has 0 aromatic carbocycles. The van der Waals surface area contributed by atoms with E-state index in [2.05, 4.69) is 6.58 Å². The zero-order chi connectivity index (χ0) is 9.40. The summed E-state index contributed by atoms with van der Waals surface area (Å²) >= 11 is 0. The van der Waals surface area contributed by atoms with Crippen molar-refractivity contribution < 1.29 is 10.0 Å². The largest absolute Gasteiger partial charge is 0.480 e. The Hall–Kier alpha value is -1.06. The van der Waals surface area contributed by atoms with Gasteiger partial charge in [-0.2, -0.15) is 0 Å². The van der Waals surface area contributed by atoms with Crippen molar-refractivity contribution in [3.63, 3.8) is 0 Å². The average molecular weight is 164 g/mol. The molecule has 0 unspecified atom stereocenters. The van der Waals surface area contributed by atoms with Gasteiger partial charge in [0.05, 0.1) is 0 Å². The standard InChI is InChI=1S/C9H13BO2/c1-3-5-6-9(4-2)7-8-10(11)12/h3-8,11-12H,2H2,1H3/b5-3-,8-7+,9-6+. The lowest BCUT2D eigenvalue weighted by Crippen LogP contribution is -2.05. The van der Waals surface area contributed by atoms with Crippen LogP contribution in [0.2, 0.25) is 0 Å². The fourth-order valence-corrected chi connectivity index (χ4v) is 0.596. The summed E-state index contributed by atoms with van der Waals surface area (Å²) in [5.74, 6) is 1.27. The Balaban J connectivity index is 4.26. The van der Waals surface area contributed by atoms with Crippen molar-refractivity contribution in [3.8, 4) is 0 Å². The van der Waals surface area contributed by atoms with Crippen LogP contribution in [0.4, 0.5) is 0 Å². The van der Waals surface area contributed by atoms with Gasteiger partial charge in [0.2, 0.25) is 0 Å². The molecule has 12 heavy (non-hydrogen) atoms. The molecule has 0 atom stereocenters. The molecule has 0 heterocycles. The second kappa shape index (κ2) is 6.64. The van der Waals surface area contributed by atoms with Gasteiger partial charge < -0.3 is 10.0 Å². The third-order valence-corrected chi connectivity index (χ3v) is 1.18. The monoisotopic (exact) mass is 164 g/mol. The molecule has 0 spiro atoms. The van der Waals surface area contributed by atoms with Crippen LogP contribution in [0, 0.1) is 0 Å². The van der Waals surface area contributed by atoms with E-state index in [0.29, 0.717) is 0 Å². The maximum Gasteiger partial charge on any atom is 0.480 e. The highest BCUT2D eigenvalue weighted by Gasteiger charge is 1.97. The molecule has 0 aliphatic heterocycles. The zero-order valence-corrected chi connectivity index (χ0v) is 7.14. The van der Waals surface area contributed by atoms with Gasteiger partial charge >= 0.3 is 7.12 Å². The van der Waals surface area contributed by atoms with Crippen molar-refractivity contribution in [2.24, 2.45) is 0 Å². The molecule has 64 valence electrons. The van der Waals surface area contributed by atoms with Gasteiger partial charge in [-0.15, -0.1) is 0 Å². The molecule has 0 amide bonds. The van der Waals surface area contributed by atoms with Crippen LogP contribution in [0.5, 0.6) is 0 Å². The first-order valence-corrected chi connectivity index (χ1v) is 3.70. The average Bonchev–Trinajstić information content (AvgIpc) is 2.05. The molecular formula is C9H13BO2. The van der Waals surface area contributed by atoms with Crippen molar-refractivity contribution in [1.82, 2.24) is 0 Å². The maximum absolute atomic E-state index is 8.51. The first-order chi connectivity index (χ1) is 5.70. The van der Waals surface area contributed by atoms with Gasteiger partial charge in [-0.1, -0.05) is 42.9 Å². The quantitative estimate of drug-likeness (QED) is 0.484. The van der Waals surface area contributed by atoms with E-state index in [0.717, 1.165) is 5.57 Å². The van der Waals surface area contributed by atoms with E-state index < -0.39 is 7.12 Å². The summed E-state index contributed by atoms with van der Waals surface area (Å²) in [6, 6.07) is 0. The van der Waals surface area contributed by atoms with Crippen LogP contribution in [0.1, 0.15) is 6.92 Å². The summed E-state index contributed by atoms with van der Waals surface area (Å²) in [5, 5.41) is 17.0. The zero-order valence-electron chi connectivity index (χ0n) is 7.14. The maximum atomic E-state index is 8.51. The Morgan fingerprint density at radius 3 is 2.50 bits per heavy atom. The molecular weight excluding hydrogens is 151 g/mol. The van der Waals surface area contributed by atoms with Crippen LogP contribution in [-0.2, 0) is 0 Å². The fraction of sp³-hybridized carbons (Fsp3) is 0.111. The van der Waals surface area contributed by atoms with Gasteiger partial charge in [0.15, 0.2) is 0 Å². The van der Waals surface area contributed by atoms with Crippen LogP contribution >= 0.6 is 0 Å². The fourth-order valence-electron chi connectivity index (χ4n) is 0.596.